The minimum absolute atomic E-state index is 0.106. The minimum Gasteiger partial charge on any atom is -0.326 e. The van der Waals surface area contributed by atoms with Gasteiger partial charge in [-0.15, -0.1) is 0 Å². The first-order valence-electron chi connectivity index (χ1n) is 8.21. The van der Waals surface area contributed by atoms with Gasteiger partial charge in [0.1, 0.15) is 5.82 Å². The summed E-state index contributed by atoms with van der Waals surface area (Å²) >= 11 is 6.05. The zero-order chi connectivity index (χ0) is 19.1. The summed E-state index contributed by atoms with van der Waals surface area (Å²) in [5.41, 5.74) is 1.65. The molecule has 0 aliphatic rings. The van der Waals surface area contributed by atoms with Gasteiger partial charge in [-0.25, -0.2) is 4.39 Å². The van der Waals surface area contributed by atoms with Crippen molar-refractivity contribution in [1.29, 1.82) is 0 Å². The number of likely N-dealkylation sites (N-methyl/N-ethyl adjacent to an activating group) is 1. The lowest BCUT2D eigenvalue weighted by atomic mass is 10.2. The van der Waals surface area contributed by atoms with E-state index in [1.54, 1.807) is 41.3 Å². The lowest BCUT2D eigenvalue weighted by Gasteiger charge is -2.21. The van der Waals surface area contributed by atoms with Gasteiger partial charge in [0.25, 0.3) is 0 Å². The number of carbonyl (C=O) groups excluding carboxylic acids is 2. The van der Waals surface area contributed by atoms with Crippen molar-refractivity contribution in [2.75, 3.05) is 23.7 Å². The summed E-state index contributed by atoms with van der Waals surface area (Å²) in [4.78, 5) is 25.1. The Bertz CT molecular complexity index is 761. The monoisotopic (exact) mass is 377 g/mol. The van der Waals surface area contributed by atoms with Gasteiger partial charge in [-0.3, -0.25) is 14.5 Å². The van der Waals surface area contributed by atoms with Crippen LogP contribution in [0.15, 0.2) is 42.5 Å². The molecule has 7 heteroatoms. The van der Waals surface area contributed by atoms with Crippen LogP contribution in [-0.4, -0.2) is 29.8 Å². The molecule has 2 rings (SSSR count). The van der Waals surface area contributed by atoms with E-state index in [1.807, 2.05) is 6.92 Å². The highest BCUT2D eigenvalue weighted by molar-refractivity contribution is 6.31. The molecule has 0 heterocycles. The van der Waals surface area contributed by atoms with E-state index in [1.165, 1.54) is 13.0 Å². The van der Waals surface area contributed by atoms with Crippen molar-refractivity contribution < 1.29 is 14.0 Å². The van der Waals surface area contributed by atoms with Gasteiger partial charge in [0.15, 0.2) is 0 Å². The third-order valence-corrected chi connectivity index (χ3v) is 4.10. The first-order valence-corrected chi connectivity index (χ1v) is 8.59. The van der Waals surface area contributed by atoms with E-state index in [9.17, 15) is 14.0 Å². The van der Waals surface area contributed by atoms with E-state index in [4.69, 9.17) is 11.6 Å². The Kier molecular flexibility index (Phi) is 7.12. The molecule has 0 aromatic heterocycles. The number of halogens is 2. The van der Waals surface area contributed by atoms with Gasteiger partial charge >= 0.3 is 0 Å². The quantitative estimate of drug-likeness (QED) is 0.769. The van der Waals surface area contributed by atoms with Crippen LogP contribution in [0.2, 0.25) is 5.02 Å². The van der Waals surface area contributed by atoms with Crippen molar-refractivity contribution >= 4 is 34.8 Å². The molecule has 0 spiro atoms. The number of carbonyl (C=O) groups is 2. The highest BCUT2D eigenvalue weighted by Crippen LogP contribution is 2.21. The van der Waals surface area contributed by atoms with Crippen LogP contribution in [0.3, 0.4) is 0 Å². The summed E-state index contributed by atoms with van der Waals surface area (Å²) in [5, 5.41) is 5.78. The van der Waals surface area contributed by atoms with E-state index in [0.29, 0.717) is 28.5 Å². The SMILES string of the molecule is CCN(CC(=O)Nc1ccc(NC(C)=O)cc1)Cc1c(F)cccc1Cl. The molecule has 138 valence electrons. The zero-order valence-corrected chi connectivity index (χ0v) is 15.4. The van der Waals surface area contributed by atoms with Crippen LogP contribution in [0.5, 0.6) is 0 Å². The molecular formula is C19H21ClFN3O2. The molecule has 2 aromatic rings. The van der Waals surface area contributed by atoms with Crippen molar-refractivity contribution in [3.05, 3.63) is 58.9 Å². The van der Waals surface area contributed by atoms with Gasteiger partial charge in [0.05, 0.1) is 6.54 Å². The highest BCUT2D eigenvalue weighted by Gasteiger charge is 2.14. The van der Waals surface area contributed by atoms with Gasteiger partial charge in [0, 0.05) is 35.4 Å². The molecule has 2 amide bonds. The average molecular weight is 378 g/mol. The number of nitrogens with one attached hydrogen (secondary N) is 2. The molecule has 0 aliphatic heterocycles. The summed E-state index contributed by atoms with van der Waals surface area (Å²) in [6.07, 6.45) is 0. The van der Waals surface area contributed by atoms with Crippen molar-refractivity contribution in [2.24, 2.45) is 0 Å². The smallest absolute Gasteiger partial charge is 0.238 e. The molecule has 2 N–H and O–H groups in total. The number of amides is 2. The maximum absolute atomic E-state index is 13.9. The molecular weight excluding hydrogens is 357 g/mol. The molecule has 0 atom stereocenters. The fourth-order valence-corrected chi connectivity index (χ4v) is 2.65. The second-order valence-electron chi connectivity index (χ2n) is 5.81. The summed E-state index contributed by atoms with van der Waals surface area (Å²) in [7, 11) is 0. The number of rotatable bonds is 7. The standard InChI is InChI=1S/C19H21ClFN3O2/c1-3-24(11-16-17(20)5-4-6-18(16)21)12-19(26)23-15-9-7-14(8-10-15)22-13(2)25/h4-10H,3,11-12H2,1-2H3,(H,22,25)(H,23,26). The second-order valence-corrected chi connectivity index (χ2v) is 6.22. The number of hydrogen-bond donors (Lipinski definition) is 2. The summed E-state index contributed by atoms with van der Waals surface area (Å²) < 4.78 is 13.9. The summed E-state index contributed by atoms with van der Waals surface area (Å²) in [6.45, 7) is 4.24. The lowest BCUT2D eigenvalue weighted by Crippen LogP contribution is -2.33. The van der Waals surface area contributed by atoms with Crippen LogP contribution in [0, 0.1) is 5.82 Å². The molecule has 0 radical (unpaired) electrons. The van der Waals surface area contributed by atoms with Gasteiger partial charge in [-0.1, -0.05) is 24.6 Å². The van der Waals surface area contributed by atoms with E-state index in [0.717, 1.165) is 0 Å². The lowest BCUT2D eigenvalue weighted by molar-refractivity contribution is -0.117. The van der Waals surface area contributed by atoms with E-state index in [2.05, 4.69) is 10.6 Å². The van der Waals surface area contributed by atoms with Crippen LogP contribution in [-0.2, 0) is 16.1 Å². The maximum atomic E-state index is 13.9. The largest absolute Gasteiger partial charge is 0.326 e. The van der Waals surface area contributed by atoms with E-state index in [-0.39, 0.29) is 30.7 Å². The zero-order valence-electron chi connectivity index (χ0n) is 14.7. The number of benzene rings is 2. The third kappa shape index (κ3) is 5.82. The van der Waals surface area contributed by atoms with Gasteiger partial charge in [0.2, 0.25) is 11.8 Å². The van der Waals surface area contributed by atoms with Crippen molar-refractivity contribution in [3.8, 4) is 0 Å². The van der Waals surface area contributed by atoms with Crippen molar-refractivity contribution in [1.82, 2.24) is 4.90 Å². The Morgan fingerprint density at radius 1 is 1.08 bits per heavy atom. The third-order valence-electron chi connectivity index (χ3n) is 3.75. The molecule has 0 unspecified atom stereocenters. The molecule has 5 nitrogen and oxygen atoms in total. The van der Waals surface area contributed by atoms with Crippen molar-refractivity contribution in [3.63, 3.8) is 0 Å². The Hall–Kier alpha value is -2.44. The average Bonchev–Trinajstić information content (AvgIpc) is 2.58. The topological polar surface area (TPSA) is 61.4 Å². The van der Waals surface area contributed by atoms with Crippen LogP contribution in [0.25, 0.3) is 0 Å². The Labute approximate surface area is 157 Å². The fourth-order valence-electron chi connectivity index (χ4n) is 2.43. The fraction of sp³-hybridized carbons (Fsp3) is 0.263. The maximum Gasteiger partial charge on any atom is 0.238 e. The molecule has 26 heavy (non-hydrogen) atoms. The first-order chi connectivity index (χ1) is 12.4. The van der Waals surface area contributed by atoms with E-state index >= 15 is 0 Å². The van der Waals surface area contributed by atoms with Gasteiger partial charge < -0.3 is 10.6 Å². The number of anilines is 2. The highest BCUT2D eigenvalue weighted by atomic mass is 35.5. The molecule has 0 fully saturated rings. The summed E-state index contributed by atoms with van der Waals surface area (Å²) in [5.74, 6) is -0.760. The molecule has 0 saturated carbocycles. The summed E-state index contributed by atoms with van der Waals surface area (Å²) in [6, 6.07) is 11.3. The molecule has 0 bridgehead atoms. The number of nitrogens with zero attached hydrogens (tertiary/aromatic N) is 1. The normalized spacial score (nSPS) is 10.7. The van der Waals surface area contributed by atoms with Crippen LogP contribution < -0.4 is 10.6 Å². The Morgan fingerprint density at radius 3 is 2.23 bits per heavy atom. The Balaban J connectivity index is 1.95. The Morgan fingerprint density at radius 2 is 1.69 bits per heavy atom. The predicted octanol–water partition coefficient (Wildman–Crippen LogP) is 3.90. The van der Waals surface area contributed by atoms with E-state index < -0.39 is 0 Å². The number of hydrogen-bond acceptors (Lipinski definition) is 3. The van der Waals surface area contributed by atoms with Gasteiger partial charge in [-0.05, 0) is 42.9 Å². The first kappa shape index (κ1) is 19.9. The van der Waals surface area contributed by atoms with Crippen molar-refractivity contribution in [2.45, 2.75) is 20.4 Å². The molecule has 2 aromatic carbocycles. The predicted molar refractivity (Wildman–Crippen MR) is 102 cm³/mol. The molecule has 0 aliphatic carbocycles. The minimum atomic E-state index is -0.384. The molecule has 0 saturated heterocycles. The second kappa shape index (κ2) is 9.31. The van der Waals surface area contributed by atoms with Crippen LogP contribution in [0.1, 0.15) is 19.4 Å². The van der Waals surface area contributed by atoms with Gasteiger partial charge in [-0.2, -0.15) is 0 Å². The van der Waals surface area contributed by atoms with Crippen LogP contribution >= 0.6 is 11.6 Å². The van der Waals surface area contributed by atoms with Crippen LogP contribution in [0.4, 0.5) is 15.8 Å².